The van der Waals surface area contributed by atoms with Crippen LogP contribution in [0.4, 0.5) is 0 Å². The van der Waals surface area contributed by atoms with Crippen LogP contribution in [-0.4, -0.2) is 10.9 Å². The predicted molar refractivity (Wildman–Crippen MR) is 77.4 cm³/mol. The molecule has 5 heteroatoms. The lowest BCUT2D eigenvalue weighted by molar-refractivity contribution is 0.0946. The fourth-order valence-electron chi connectivity index (χ4n) is 1.58. The number of carbonyl (C=O) groups is 1. The van der Waals surface area contributed by atoms with Gasteiger partial charge >= 0.3 is 0 Å². The van der Waals surface area contributed by atoms with Gasteiger partial charge in [0.15, 0.2) is 0 Å². The minimum atomic E-state index is -0.185. The van der Waals surface area contributed by atoms with E-state index in [9.17, 15) is 4.79 Å². The van der Waals surface area contributed by atoms with Crippen molar-refractivity contribution < 1.29 is 4.79 Å². The molecule has 0 fully saturated rings. The average Bonchev–Trinajstić information content (AvgIpc) is 2.46. The van der Waals surface area contributed by atoms with Crippen LogP contribution in [0.1, 0.15) is 21.6 Å². The molecule has 0 aliphatic heterocycles. The van der Waals surface area contributed by atoms with Gasteiger partial charge in [0.1, 0.15) is 5.69 Å². The second kappa shape index (κ2) is 6.45. The minimum absolute atomic E-state index is 0.185. The Morgan fingerprint density at radius 3 is 2.42 bits per heavy atom. The van der Waals surface area contributed by atoms with Crippen molar-refractivity contribution in [3.8, 4) is 0 Å². The van der Waals surface area contributed by atoms with Crippen LogP contribution in [-0.2, 0) is 13.1 Å². The van der Waals surface area contributed by atoms with E-state index in [1.807, 2.05) is 24.3 Å². The zero-order valence-electron chi connectivity index (χ0n) is 10.3. The molecular formula is C14H14BrN3O. The molecule has 0 aliphatic rings. The Morgan fingerprint density at radius 2 is 1.84 bits per heavy atom. The van der Waals surface area contributed by atoms with Gasteiger partial charge in [-0.2, -0.15) is 0 Å². The Labute approximate surface area is 120 Å². The number of benzene rings is 1. The molecule has 0 saturated heterocycles. The highest BCUT2D eigenvalue weighted by molar-refractivity contribution is 9.10. The topological polar surface area (TPSA) is 68.0 Å². The smallest absolute Gasteiger partial charge is 0.270 e. The van der Waals surface area contributed by atoms with Gasteiger partial charge in [-0.15, -0.1) is 0 Å². The van der Waals surface area contributed by atoms with Gasteiger partial charge in [0, 0.05) is 23.8 Å². The summed E-state index contributed by atoms with van der Waals surface area (Å²) in [5.74, 6) is -0.185. The summed E-state index contributed by atoms with van der Waals surface area (Å²) >= 11 is 3.28. The van der Waals surface area contributed by atoms with Crippen molar-refractivity contribution in [2.24, 2.45) is 5.73 Å². The molecule has 1 heterocycles. The number of amides is 1. The van der Waals surface area contributed by atoms with Gasteiger partial charge in [0.2, 0.25) is 0 Å². The number of hydrogen-bond acceptors (Lipinski definition) is 3. The Balaban J connectivity index is 1.94. The molecule has 0 unspecified atom stereocenters. The lowest BCUT2D eigenvalue weighted by Gasteiger charge is -2.05. The Kier molecular flexibility index (Phi) is 4.65. The van der Waals surface area contributed by atoms with Gasteiger partial charge in [0.05, 0.1) is 0 Å². The third-order valence-electron chi connectivity index (χ3n) is 2.67. The van der Waals surface area contributed by atoms with Gasteiger partial charge in [-0.05, 0) is 39.2 Å². The number of nitrogens with two attached hydrogens (primary N) is 1. The van der Waals surface area contributed by atoms with E-state index in [1.165, 1.54) is 0 Å². The van der Waals surface area contributed by atoms with Gasteiger partial charge in [-0.25, -0.2) is 4.98 Å². The molecule has 0 aliphatic carbocycles. The van der Waals surface area contributed by atoms with E-state index in [1.54, 1.807) is 18.3 Å². The number of aromatic nitrogens is 1. The highest BCUT2D eigenvalue weighted by atomic mass is 79.9. The highest BCUT2D eigenvalue weighted by Gasteiger charge is 2.06. The van der Waals surface area contributed by atoms with E-state index >= 15 is 0 Å². The number of nitrogens with one attached hydrogen (secondary N) is 1. The molecule has 0 bridgehead atoms. The molecule has 4 nitrogen and oxygen atoms in total. The lowest BCUT2D eigenvalue weighted by atomic mass is 10.1. The van der Waals surface area contributed by atoms with Crippen molar-refractivity contribution in [3.63, 3.8) is 0 Å². The molecule has 1 amide bonds. The van der Waals surface area contributed by atoms with Gasteiger partial charge < -0.3 is 11.1 Å². The maximum absolute atomic E-state index is 11.8. The number of carbonyl (C=O) groups excluding carboxylic acids is 1. The first-order chi connectivity index (χ1) is 9.19. The summed E-state index contributed by atoms with van der Waals surface area (Å²) in [5, 5.41) is 2.82. The van der Waals surface area contributed by atoms with Crippen molar-refractivity contribution in [3.05, 3.63) is 63.9 Å². The molecule has 0 spiro atoms. The van der Waals surface area contributed by atoms with Crippen LogP contribution in [0.3, 0.4) is 0 Å². The van der Waals surface area contributed by atoms with Gasteiger partial charge in [0.25, 0.3) is 5.91 Å². The summed E-state index contributed by atoms with van der Waals surface area (Å²) in [6.07, 6.45) is 1.60. The third kappa shape index (κ3) is 3.87. The Bertz CT molecular complexity index is 552. The average molecular weight is 320 g/mol. The summed E-state index contributed by atoms with van der Waals surface area (Å²) in [6, 6.07) is 11.3. The van der Waals surface area contributed by atoms with Crippen molar-refractivity contribution in [2.75, 3.05) is 0 Å². The van der Waals surface area contributed by atoms with Crippen LogP contribution in [0.2, 0.25) is 0 Å². The molecule has 2 aromatic rings. The normalized spacial score (nSPS) is 10.2. The van der Waals surface area contributed by atoms with Gasteiger partial charge in [-0.3, -0.25) is 4.79 Å². The first kappa shape index (κ1) is 13.7. The molecule has 1 aromatic carbocycles. The van der Waals surface area contributed by atoms with E-state index in [0.717, 1.165) is 15.6 Å². The molecule has 0 atom stereocenters. The van der Waals surface area contributed by atoms with Crippen LogP contribution < -0.4 is 11.1 Å². The minimum Gasteiger partial charge on any atom is -0.347 e. The Hall–Kier alpha value is -1.72. The summed E-state index contributed by atoms with van der Waals surface area (Å²) in [6.45, 7) is 0.997. The quantitative estimate of drug-likeness (QED) is 0.908. The van der Waals surface area contributed by atoms with Crippen molar-refractivity contribution in [2.45, 2.75) is 13.1 Å². The summed E-state index contributed by atoms with van der Waals surface area (Å²) in [5.41, 5.74) is 8.04. The Morgan fingerprint density at radius 1 is 1.16 bits per heavy atom. The molecule has 98 valence electrons. The second-order valence-corrected chi connectivity index (χ2v) is 4.98. The van der Waals surface area contributed by atoms with Gasteiger partial charge in [-0.1, -0.05) is 24.3 Å². The van der Waals surface area contributed by atoms with Crippen molar-refractivity contribution in [1.29, 1.82) is 0 Å². The maximum Gasteiger partial charge on any atom is 0.270 e. The van der Waals surface area contributed by atoms with E-state index in [0.29, 0.717) is 18.8 Å². The zero-order chi connectivity index (χ0) is 13.7. The maximum atomic E-state index is 11.8. The van der Waals surface area contributed by atoms with Crippen LogP contribution >= 0.6 is 15.9 Å². The number of hydrogen-bond donors (Lipinski definition) is 2. The van der Waals surface area contributed by atoms with Crippen LogP contribution in [0.15, 0.2) is 47.1 Å². The first-order valence-electron chi connectivity index (χ1n) is 5.86. The number of rotatable bonds is 4. The largest absolute Gasteiger partial charge is 0.347 e. The van der Waals surface area contributed by atoms with Crippen molar-refractivity contribution >= 4 is 21.8 Å². The number of pyridine rings is 1. The number of halogens is 1. The van der Waals surface area contributed by atoms with E-state index in [-0.39, 0.29) is 5.91 Å². The first-order valence-corrected chi connectivity index (χ1v) is 6.66. The summed E-state index contributed by atoms with van der Waals surface area (Å²) in [7, 11) is 0. The van der Waals surface area contributed by atoms with E-state index in [4.69, 9.17) is 5.73 Å². The SMILES string of the molecule is NCc1ccc(CNC(=O)c2ccc(Br)cn2)cc1. The molecule has 19 heavy (non-hydrogen) atoms. The predicted octanol–water partition coefficient (Wildman–Crippen LogP) is 2.23. The fourth-order valence-corrected chi connectivity index (χ4v) is 1.81. The lowest BCUT2D eigenvalue weighted by Crippen LogP contribution is -2.23. The third-order valence-corrected chi connectivity index (χ3v) is 3.14. The van der Waals surface area contributed by atoms with Crippen LogP contribution in [0.5, 0.6) is 0 Å². The van der Waals surface area contributed by atoms with Crippen LogP contribution in [0.25, 0.3) is 0 Å². The van der Waals surface area contributed by atoms with E-state index in [2.05, 4.69) is 26.2 Å². The van der Waals surface area contributed by atoms with Crippen LogP contribution in [0, 0.1) is 0 Å². The van der Waals surface area contributed by atoms with Crippen molar-refractivity contribution in [1.82, 2.24) is 10.3 Å². The highest BCUT2D eigenvalue weighted by Crippen LogP contribution is 2.08. The summed E-state index contributed by atoms with van der Waals surface area (Å²) in [4.78, 5) is 15.9. The summed E-state index contributed by atoms with van der Waals surface area (Å²) < 4.78 is 0.849. The standard InChI is InChI=1S/C14H14BrN3O/c15-12-5-6-13(17-9-12)14(19)18-8-11-3-1-10(7-16)2-4-11/h1-6,9H,7-8,16H2,(H,18,19). The van der Waals surface area contributed by atoms with E-state index < -0.39 is 0 Å². The number of nitrogens with zero attached hydrogens (tertiary/aromatic N) is 1. The monoisotopic (exact) mass is 319 g/mol. The zero-order valence-corrected chi connectivity index (χ0v) is 11.9. The molecule has 1 aromatic heterocycles. The molecular weight excluding hydrogens is 306 g/mol. The molecule has 0 radical (unpaired) electrons. The molecule has 3 N–H and O–H groups in total. The molecule has 0 saturated carbocycles. The second-order valence-electron chi connectivity index (χ2n) is 4.06. The fraction of sp³-hybridized carbons (Fsp3) is 0.143. The molecule has 2 rings (SSSR count).